The Hall–Kier alpha value is -1.23. The van der Waals surface area contributed by atoms with Gasteiger partial charge in [-0.3, -0.25) is 0 Å². The van der Waals surface area contributed by atoms with Crippen LogP contribution < -0.4 is 10.5 Å². The van der Waals surface area contributed by atoms with Crippen LogP contribution >= 0.6 is 0 Å². The van der Waals surface area contributed by atoms with Gasteiger partial charge in [-0.1, -0.05) is 0 Å². The van der Waals surface area contributed by atoms with Gasteiger partial charge in [-0.25, -0.2) is 13.8 Å². The van der Waals surface area contributed by atoms with Crippen molar-refractivity contribution in [3.05, 3.63) is 23.4 Å². The summed E-state index contributed by atoms with van der Waals surface area (Å²) in [5, 5.41) is 0. The fraction of sp³-hybridized carbons (Fsp3) is 0.545. The molecule has 90 valence electrons. The first-order chi connectivity index (χ1) is 7.36. The molecule has 0 saturated heterocycles. The molecule has 0 aromatic carbocycles. The average Bonchev–Trinajstić information content (AvgIpc) is 2.17. The number of aryl methyl sites for hydroxylation is 1. The van der Waals surface area contributed by atoms with Gasteiger partial charge in [0.25, 0.3) is 6.43 Å². The molecule has 0 aliphatic heterocycles. The quantitative estimate of drug-likeness (QED) is 0.859. The monoisotopic (exact) mass is 230 g/mol. The number of hydrogen-bond acceptors (Lipinski definition) is 3. The summed E-state index contributed by atoms with van der Waals surface area (Å²) >= 11 is 0. The van der Waals surface area contributed by atoms with Crippen LogP contribution in [0.25, 0.3) is 0 Å². The number of aromatic nitrogens is 1. The van der Waals surface area contributed by atoms with Crippen LogP contribution in [0.3, 0.4) is 0 Å². The third kappa shape index (κ3) is 2.88. The number of hydrogen-bond donors (Lipinski definition) is 1. The Morgan fingerprint density at radius 2 is 2.19 bits per heavy atom. The molecule has 1 rings (SSSR count). The number of rotatable bonds is 4. The molecule has 3 nitrogen and oxygen atoms in total. The first kappa shape index (κ1) is 12.8. The van der Waals surface area contributed by atoms with Crippen LogP contribution in [0.2, 0.25) is 0 Å². The molecule has 16 heavy (non-hydrogen) atoms. The predicted octanol–water partition coefficient (Wildman–Crippen LogP) is 1.92. The van der Waals surface area contributed by atoms with Crippen molar-refractivity contribution in [3.63, 3.8) is 0 Å². The Labute approximate surface area is 93.6 Å². The highest BCUT2D eigenvalue weighted by Crippen LogP contribution is 2.21. The molecular weight excluding hydrogens is 214 g/mol. The van der Waals surface area contributed by atoms with Crippen LogP contribution in [-0.2, 0) is 6.42 Å². The maximum atomic E-state index is 12.6. The first-order valence-corrected chi connectivity index (χ1v) is 4.93. The smallest absolute Gasteiger partial charge is 0.256 e. The molecule has 0 spiro atoms. The number of halogens is 2. The molecule has 0 fully saturated rings. The summed E-state index contributed by atoms with van der Waals surface area (Å²) in [4.78, 5) is 4.02. The van der Waals surface area contributed by atoms with Gasteiger partial charge in [-0.05, 0) is 31.9 Å². The van der Waals surface area contributed by atoms with E-state index in [1.165, 1.54) is 20.2 Å². The molecule has 0 aliphatic carbocycles. The minimum absolute atomic E-state index is 0.0858. The van der Waals surface area contributed by atoms with Crippen LogP contribution in [-0.4, -0.2) is 24.1 Å². The number of pyridine rings is 1. The summed E-state index contributed by atoms with van der Waals surface area (Å²) < 4.78 is 30.1. The van der Waals surface area contributed by atoms with Crippen molar-refractivity contribution in [1.82, 2.24) is 4.98 Å². The molecule has 0 saturated carbocycles. The second kappa shape index (κ2) is 4.74. The third-order valence-corrected chi connectivity index (χ3v) is 2.36. The van der Waals surface area contributed by atoms with Crippen molar-refractivity contribution >= 4 is 0 Å². The van der Waals surface area contributed by atoms with Crippen LogP contribution in [0, 0.1) is 6.92 Å². The van der Waals surface area contributed by atoms with Gasteiger partial charge in [0.1, 0.15) is 0 Å². The molecule has 1 unspecified atom stereocenters. The zero-order valence-electron chi connectivity index (χ0n) is 9.63. The zero-order valence-corrected chi connectivity index (χ0v) is 9.63. The zero-order chi connectivity index (χ0) is 12.3. The fourth-order valence-electron chi connectivity index (χ4n) is 1.45. The number of nitrogens with zero attached hydrogens (tertiary/aromatic N) is 1. The van der Waals surface area contributed by atoms with Crippen molar-refractivity contribution in [2.45, 2.75) is 32.2 Å². The average molecular weight is 230 g/mol. The normalized spacial score (nSPS) is 14.9. The molecule has 2 N–H and O–H groups in total. The lowest BCUT2D eigenvalue weighted by molar-refractivity contribution is 0.0639. The number of alkyl halides is 2. The molecule has 0 radical (unpaired) electrons. The van der Waals surface area contributed by atoms with Gasteiger partial charge >= 0.3 is 0 Å². The van der Waals surface area contributed by atoms with Crippen LogP contribution in [0.15, 0.2) is 12.3 Å². The minimum Gasteiger partial charge on any atom is -0.481 e. The van der Waals surface area contributed by atoms with Crippen LogP contribution in [0.4, 0.5) is 8.78 Å². The summed E-state index contributed by atoms with van der Waals surface area (Å²) in [6.45, 7) is 3.14. The van der Waals surface area contributed by atoms with E-state index in [2.05, 4.69) is 4.98 Å². The molecule has 0 bridgehead atoms. The minimum atomic E-state index is -2.56. The summed E-state index contributed by atoms with van der Waals surface area (Å²) in [6, 6.07) is 1.76. The van der Waals surface area contributed by atoms with E-state index in [-0.39, 0.29) is 6.42 Å². The molecule has 1 aromatic rings. The van der Waals surface area contributed by atoms with E-state index in [1.807, 2.05) is 6.92 Å². The SMILES string of the molecule is COc1ncc(CC(C)(N)C(F)F)cc1C. The highest BCUT2D eigenvalue weighted by atomic mass is 19.3. The van der Waals surface area contributed by atoms with Gasteiger partial charge in [-0.15, -0.1) is 0 Å². The van der Waals surface area contributed by atoms with E-state index in [0.29, 0.717) is 11.4 Å². The lowest BCUT2D eigenvalue weighted by atomic mass is 9.95. The van der Waals surface area contributed by atoms with Crippen molar-refractivity contribution < 1.29 is 13.5 Å². The molecule has 0 aliphatic rings. The van der Waals surface area contributed by atoms with Gasteiger partial charge in [0.15, 0.2) is 0 Å². The largest absolute Gasteiger partial charge is 0.481 e. The van der Waals surface area contributed by atoms with Crippen molar-refractivity contribution in [3.8, 4) is 5.88 Å². The highest BCUT2D eigenvalue weighted by Gasteiger charge is 2.30. The third-order valence-electron chi connectivity index (χ3n) is 2.36. The summed E-state index contributed by atoms with van der Waals surface area (Å²) in [6.07, 6.45) is -0.961. The van der Waals surface area contributed by atoms with E-state index >= 15 is 0 Å². The van der Waals surface area contributed by atoms with E-state index < -0.39 is 12.0 Å². The standard InChI is InChI=1S/C11H16F2N2O/c1-7-4-8(6-15-9(7)16-3)5-11(2,14)10(12)13/h4,6,10H,5,14H2,1-3H3. The Kier molecular flexibility index (Phi) is 3.80. The van der Waals surface area contributed by atoms with Gasteiger partial charge in [0.2, 0.25) is 5.88 Å². The Balaban J connectivity index is 2.87. The number of nitrogens with two attached hydrogens (primary N) is 1. The lowest BCUT2D eigenvalue weighted by Crippen LogP contribution is -2.45. The van der Waals surface area contributed by atoms with Gasteiger partial charge < -0.3 is 10.5 Å². The molecular formula is C11H16F2N2O. The predicted molar refractivity (Wildman–Crippen MR) is 57.8 cm³/mol. The second-order valence-electron chi connectivity index (χ2n) is 4.15. The topological polar surface area (TPSA) is 48.1 Å². The van der Waals surface area contributed by atoms with Crippen LogP contribution in [0.1, 0.15) is 18.1 Å². The Morgan fingerprint density at radius 3 is 2.62 bits per heavy atom. The second-order valence-corrected chi connectivity index (χ2v) is 4.15. The van der Waals surface area contributed by atoms with Gasteiger partial charge in [0.05, 0.1) is 12.6 Å². The van der Waals surface area contributed by atoms with Crippen molar-refractivity contribution in [2.75, 3.05) is 7.11 Å². The van der Waals surface area contributed by atoms with Crippen LogP contribution in [0.5, 0.6) is 5.88 Å². The summed E-state index contributed by atoms with van der Waals surface area (Å²) in [5.41, 5.74) is 5.47. The molecule has 0 amide bonds. The van der Waals surface area contributed by atoms with E-state index in [9.17, 15) is 8.78 Å². The molecule has 1 heterocycles. The number of methoxy groups -OCH3 is 1. The number of ether oxygens (including phenoxy) is 1. The maximum absolute atomic E-state index is 12.6. The van der Waals surface area contributed by atoms with Gasteiger partial charge in [-0.2, -0.15) is 0 Å². The highest BCUT2D eigenvalue weighted by molar-refractivity contribution is 5.29. The van der Waals surface area contributed by atoms with Gasteiger partial charge in [0, 0.05) is 11.8 Å². The Morgan fingerprint density at radius 1 is 1.56 bits per heavy atom. The first-order valence-electron chi connectivity index (χ1n) is 4.93. The van der Waals surface area contributed by atoms with Crippen molar-refractivity contribution in [1.29, 1.82) is 0 Å². The van der Waals surface area contributed by atoms with Crippen molar-refractivity contribution in [2.24, 2.45) is 5.73 Å². The van der Waals surface area contributed by atoms with E-state index in [0.717, 1.165) is 5.56 Å². The maximum Gasteiger partial charge on any atom is 0.256 e. The Bertz CT molecular complexity index is 367. The molecule has 5 heteroatoms. The van der Waals surface area contributed by atoms with E-state index in [4.69, 9.17) is 10.5 Å². The molecule has 1 atom stereocenters. The summed E-state index contributed by atoms with van der Waals surface area (Å²) in [7, 11) is 1.52. The lowest BCUT2D eigenvalue weighted by Gasteiger charge is -2.23. The van der Waals surface area contributed by atoms with E-state index in [1.54, 1.807) is 6.07 Å². The fourth-order valence-corrected chi connectivity index (χ4v) is 1.45. The molecule has 1 aromatic heterocycles. The summed E-state index contributed by atoms with van der Waals surface area (Å²) in [5.74, 6) is 0.500.